The zero-order valence-corrected chi connectivity index (χ0v) is 16.3. The van der Waals surface area contributed by atoms with Crippen molar-refractivity contribution in [3.8, 4) is 6.07 Å². The Morgan fingerprint density at radius 2 is 2.03 bits per heavy atom. The van der Waals surface area contributed by atoms with Crippen molar-refractivity contribution in [2.24, 2.45) is 0 Å². The summed E-state index contributed by atoms with van der Waals surface area (Å²) in [4.78, 5) is 23.0. The highest BCUT2D eigenvalue weighted by atomic mass is 16.4. The molecule has 7 nitrogen and oxygen atoms in total. The van der Waals surface area contributed by atoms with Crippen LogP contribution in [0.1, 0.15) is 46.6 Å². The molecule has 2 heterocycles. The SMILES string of the molecule is Cc1cc([C@@H](C)Nc2ccccc2C(=O)O)c2nc(N3CCC3)c(C#N)nc2c1. The predicted octanol–water partition coefficient (Wildman–Crippen LogP) is 3.89. The van der Waals surface area contributed by atoms with Crippen LogP contribution < -0.4 is 10.2 Å². The van der Waals surface area contributed by atoms with Crippen molar-refractivity contribution in [3.63, 3.8) is 0 Å². The van der Waals surface area contributed by atoms with E-state index in [-0.39, 0.29) is 11.6 Å². The molecule has 2 aromatic carbocycles. The number of hydrogen-bond acceptors (Lipinski definition) is 6. The molecule has 1 saturated heterocycles. The predicted molar refractivity (Wildman–Crippen MR) is 111 cm³/mol. The minimum atomic E-state index is -0.979. The highest BCUT2D eigenvalue weighted by Crippen LogP contribution is 2.31. The Morgan fingerprint density at radius 1 is 1.28 bits per heavy atom. The first kappa shape index (κ1) is 18.7. The summed E-state index contributed by atoms with van der Waals surface area (Å²) < 4.78 is 0. The lowest BCUT2D eigenvalue weighted by atomic mass is 10.0. The molecule has 0 radical (unpaired) electrons. The van der Waals surface area contributed by atoms with Gasteiger partial charge in [0.05, 0.1) is 22.6 Å². The number of para-hydroxylation sites is 1. The number of nitrogens with one attached hydrogen (secondary N) is 1. The van der Waals surface area contributed by atoms with E-state index in [0.717, 1.165) is 36.2 Å². The number of nitrogens with zero attached hydrogens (tertiary/aromatic N) is 4. The molecule has 0 unspecified atom stereocenters. The molecule has 0 spiro atoms. The minimum Gasteiger partial charge on any atom is -0.478 e. The van der Waals surface area contributed by atoms with Gasteiger partial charge in [-0.05, 0) is 44.0 Å². The van der Waals surface area contributed by atoms with Crippen molar-refractivity contribution in [2.45, 2.75) is 26.3 Å². The first-order valence-corrected chi connectivity index (χ1v) is 9.54. The van der Waals surface area contributed by atoms with Gasteiger partial charge in [0.2, 0.25) is 0 Å². The Kier molecular flexibility index (Phi) is 4.77. The van der Waals surface area contributed by atoms with Crippen molar-refractivity contribution in [1.82, 2.24) is 9.97 Å². The normalized spacial score (nSPS) is 14.2. The summed E-state index contributed by atoms with van der Waals surface area (Å²) in [6.07, 6.45) is 1.08. The minimum absolute atomic E-state index is 0.204. The Labute approximate surface area is 168 Å². The van der Waals surface area contributed by atoms with Gasteiger partial charge in [0.15, 0.2) is 11.5 Å². The molecule has 0 amide bonds. The van der Waals surface area contributed by atoms with Crippen LogP contribution in [0.25, 0.3) is 11.0 Å². The summed E-state index contributed by atoms with van der Waals surface area (Å²) in [6.45, 7) is 5.68. The molecular formula is C22H21N5O2. The zero-order chi connectivity index (χ0) is 20.5. The molecule has 1 aliphatic rings. The number of carbonyl (C=O) groups is 1. The molecule has 1 fully saturated rings. The summed E-state index contributed by atoms with van der Waals surface area (Å²) >= 11 is 0. The second-order valence-electron chi connectivity index (χ2n) is 7.29. The number of anilines is 2. The fraction of sp³-hybridized carbons (Fsp3) is 0.273. The van der Waals surface area contributed by atoms with Gasteiger partial charge in [-0.3, -0.25) is 0 Å². The number of benzene rings is 2. The molecule has 0 aliphatic carbocycles. The summed E-state index contributed by atoms with van der Waals surface area (Å²) in [5.74, 6) is -0.359. The van der Waals surface area contributed by atoms with E-state index in [0.29, 0.717) is 22.7 Å². The molecule has 7 heteroatoms. The van der Waals surface area contributed by atoms with Gasteiger partial charge in [0.1, 0.15) is 6.07 Å². The van der Waals surface area contributed by atoms with Gasteiger partial charge in [-0.15, -0.1) is 0 Å². The van der Waals surface area contributed by atoms with E-state index in [9.17, 15) is 15.2 Å². The van der Waals surface area contributed by atoms with E-state index in [2.05, 4.69) is 21.3 Å². The van der Waals surface area contributed by atoms with Crippen LogP contribution in [0, 0.1) is 18.3 Å². The molecule has 2 N–H and O–H groups in total. The van der Waals surface area contributed by atoms with Crippen LogP contribution in [0.4, 0.5) is 11.5 Å². The number of fused-ring (bicyclic) bond motifs is 1. The fourth-order valence-electron chi connectivity index (χ4n) is 3.58. The van der Waals surface area contributed by atoms with Gasteiger partial charge in [0, 0.05) is 24.3 Å². The van der Waals surface area contributed by atoms with Crippen LogP contribution in [0.5, 0.6) is 0 Å². The average Bonchev–Trinajstić information content (AvgIpc) is 2.66. The number of nitriles is 1. The third-order valence-corrected chi connectivity index (χ3v) is 5.18. The quantitative estimate of drug-likeness (QED) is 0.684. The van der Waals surface area contributed by atoms with Crippen molar-refractivity contribution >= 4 is 28.5 Å². The third-order valence-electron chi connectivity index (χ3n) is 5.18. The lowest BCUT2D eigenvalue weighted by Crippen LogP contribution is -2.38. The number of rotatable bonds is 5. The summed E-state index contributed by atoms with van der Waals surface area (Å²) in [5.41, 5.74) is 4.42. The second kappa shape index (κ2) is 7.40. The van der Waals surface area contributed by atoms with Gasteiger partial charge in [-0.1, -0.05) is 18.2 Å². The topological polar surface area (TPSA) is 102 Å². The molecule has 0 bridgehead atoms. The van der Waals surface area contributed by atoms with Crippen LogP contribution in [0.2, 0.25) is 0 Å². The Hall–Kier alpha value is -3.66. The summed E-state index contributed by atoms with van der Waals surface area (Å²) in [7, 11) is 0. The molecule has 29 heavy (non-hydrogen) atoms. The Morgan fingerprint density at radius 3 is 2.69 bits per heavy atom. The van der Waals surface area contributed by atoms with Crippen LogP contribution in [-0.4, -0.2) is 34.1 Å². The van der Waals surface area contributed by atoms with Gasteiger partial charge in [0.25, 0.3) is 0 Å². The van der Waals surface area contributed by atoms with Crippen LogP contribution in [0.3, 0.4) is 0 Å². The lowest BCUT2D eigenvalue weighted by Gasteiger charge is -2.32. The van der Waals surface area contributed by atoms with Crippen LogP contribution >= 0.6 is 0 Å². The molecule has 0 saturated carbocycles. The smallest absolute Gasteiger partial charge is 0.337 e. The highest BCUT2D eigenvalue weighted by molar-refractivity contribution is 5.94. The first-order chi connectivity index (χ1) is 14.0. The maximum atomic E-state index is 11.5. The maximum absolute atomic E-state index is 11.5. The van der Waals surface area contributed by atoms with E-state index in [1.54, 1.807) is 24.3 Å². The molecule has 1 aromatic heterocycles. The van der Waals surface area contributed by atoms with Crippen molar-refractivity contribution in [2.75, 3.05) is 23.3 Å². The Bertz CT molecular complexity index is 1150. The van der Waals surface area contributed by atoms with E-state index in [1.807, 2.05) is 26.0 Å². The van der Waals surface area contributed by atoms with Crippen molar-refractivity contribution < 1.29 is 9.90 Å². The van der Waals surface area contributed by atoms with Gasteiger partial charge in [-0.25, -0.2) is 14.8 Å². The number of aromatic carboxylic acids is 1. The van der Waals surface area contributed by atoms with Gasteiger partial charge >= 0.3 is 5.97 Å². The number of carboxylic acid groups (broad SMARTS) is 1. The highest BCUT2D eigenvalue weighted by Gasteiger charge is 2.23. The molecule has 146 valence electrons. The van der Waals surface area contributed by atoms with E-state index < -0.39 is 5.97 Å². The summed E-state index contributed by atoms with van der Waals surface area (Å²) in [5, 5.41) is 22.3. The number of hydrogen-bond donors (Lipinski definition) is 2. The van der Waals surface area contributed by atoms with Gasteiger partial charge in [-0.2, -0.15) is 5.26 Å². The standard InChI is InChI=1S/C22H21N5O2/c1-13-10-16(14(2)24-17-7-4-3-6-15(17)22(28)29)20-18(11-13)25-19(12-23)21(26-20)27-8-5-9-27/h3-4,6-7,10-11,14,24H,5,8-9H2,1-2H3,(H,28,29)/t14-/m1/s1. The van der Waals surface area contributed by atoms with E-state index in [4.69, 9.17) is 4.98 Å². The van der Waals surface area contributed by atoms with Crippen molar-refractivity contribution in [3.05, 3.63) is 58.8 Å². The maximum Gasteiger partial charge on any atom is 0.337 e. The molecule has 1 aliphatic heterocycles. The first-order valence-electron chi connectivity index (χ1n) is 9.54. The second-order valence-corrected chi connectivity index (χ2v) is 7.29. The average molecular weight is 387 g/mol. The number of aryl methyl sites for hydroxylation is 1. The van der Waals surface area contributed by atoms with Crippen molar-refractivity contribution in [1.29, 1.82) is 5.26 Å². The summed E-state index contributed by atoms with van der Waals surface area (Å²) in [6, 6.07) is 12.8. The third kappa shape index (κ3) is 3.45. The largest absolute Gasteiger partial charge is 0.478 e. The number of carboxylic acids is 1. The fourth-order valence-corrected chi connectivity index (χ4v) is 3.58. The Balaban J connectivity index is 1.80. The molecule has 1 atom stereocenters. The molecule has 4 rings (SSSR count). The van der Waals surface area contributed by atoms with Gasteiger partial charge < -0.3 is 15.3 Å². The van der Waals surface area contributed by atoms with Crippen LogP contribution in [0.15, 0.2) is 36.4 Å². The van der Waals surface area contributed by atoms with Crippen LogP contribution in [-0.2, 0) is 0 Å². The van der Waals surface area contributed by atoms with E-state index >= 15 is 0 Å². The lowest BCUT2D eigenvalue weighted by molar-refractivity contribution is 0.0698. The monoisotopic (exact) mass is 387 g/mol. The molecular weight excluding hydrogens is 366 g/mol. The number of aromatic nitrogens is 2. The molecule has 3 aromatic rings. The zero-order valence-electron chi connectivity index (χ0n) is 16.3. The van der Waals surface area contributed by atoms with E-state index in [1.165, 1.54) is 0 Å².